The number of likely N-dealkylation sites (tertiary alicyclic amines) is 1. The van der Waals surface area contributed by atoms with Gasteiger partial charge in [0.2, 0.25) is 5.91 Å². The molecule has 1 aliphatic rings. The number of halogens is 3. The first kappa shape index (κ1) is 29.2. The normalized spacial score (nSPS) is 14.6. The lowest BCUT2D eigenvalue weighted by Crippen LogP contribution is -2.34. The van der Waals surface area contributed by atoms with Crippen LogP contribution in [0.5, 0.6) is 0 Å². The van der Waals surface area contributed by atoms with E-state index in [1.807, 2.05) is 55.1 Å². The lowest BCUT2D eigenvalue weighted by Gasteiger charge is -2.31. The minimum absolute atomic E-state index is 0.0487. The van der Waals surface area contributed by atoms with Crippen LogP contribution in [0.4, 0.5) is 18.9 Å². The first-order chi connectivity index (χ1) is 17.9. The zero-order chi connectivity index (χ0) is 27.9. The molecule has 12 heteroatoms. The molecule has 0 saturated carbocycles. The second kappa shape index (κ2) is 12.9. The number of H-pyrrole nitrogens is 1. The highest BCUT2D eigenvalue weighted by atomic mass is 32.2. The molecule has 0 aliphatic carbocycles. The predicted molar refractivity (Wildman–Crippen MR) is 141 cm³/mol. The molecule has 1 aliphatic heterocycles. The minimum atomic E-state index is -5.08. The Morgan fingerprint density at radius 1 is 1.18 bits per heavy atom. The van der Waals surface area contributed by atoms with Crippen molar-refractivity contribution in [3.63, 3.8) is 0 Å². The van der Waals surface area contributed by atoms with E-state index < -0.39 is 12.1 Å². The lowest BCUT2D eigenvalue weighted by atomic mass is 10.1. The summed E-state index contributed by atoms with van der Waals surface area (Å²) in [6, 6.07) is 13.8. The first-order valence-corrected chi connectivity index (χ1v) is 13.0. The number of alkyl halides is 3. The summed E-state index contributed by atoms with van der Waals surface area (Å²) in [5.41, 5.74) is 3.85. The van der Waals surface area contributed by atoms with Gasteiger partial charge >= 0.3 is 12.1 Å². The number of carbonyl (C=O) groups excluding carboxylic acids is 1. The van der Waals surface area contributed by atoms with E-state index in [4.69, 9.17) is 14.9 Å². The molecular weight excluding hydrogens is 521 g/mol. The van der Waals surface area contributed by atoms with Crippen molar-refractivity contribution in [3.05, 3.63) is 69.8 Å². The Balaban J connectivity index is 0.000000505. The molecule has 2 aromatic carbocycles. The molecule has 0 radical (unpaired) electrons. The van der Waals surface area contributed by atoms with Gasteiger partial charge in [0.15, 0.2) is 0 Å². The Morgan fingerprint density at radius 3 is 2.47 bits per heavy atom. The number of rotatable bonds is 6. The van der Waals surface area contributed by atoms with Crippen LogP contribution < -0.4 is 10.9 Å². The van der Waals surface area contributed by atoms with Crippen LogP contribution >= 0.6 is 11.8 Å². The number of amides is 1. The van der Waals surface area contributed by atoms with Crippen molar-refractivity contribution in [3.8, 4) is 0 Å². The molecule has 3 aromatic rings. The average molecular weight is 551 g/mol. The van der Waals surface area contributed by atoms with E-state index in [0.29, 0.717) is 10.6 Å². The third-order valence-electron chi connectivity index (χ3n) is 5.87. The molecular formula is C26H29F3N4O4S. The third kappa shape index (κ3) is 8.59. The van der Waals surface area contributed by atoms with Crippen LogP contribution in [0.15, 0.2) is 47.3 Å². The SMILES string of the molecule is CC(=O)Nc1cccc(CN2CCC(SCc3nc4c(C)cccc4c(=O)[nH]3)CC2)c1.O=C(O)C(F)(F)F. The number of nitrogens with one attached hydrogen (secondary N) is 2. The van der Waals surface area contributed by atoms with Crippen LogP contribution in [0, 0.1) is 6.92 Å². The number of aromatic nitrogens is 2. The van der Waals surface area contributed by atoms with Gasteiger partial charge in [0, 0.05) is 24.4 Å². The van der Waals surface area contributed by atoms with Crippen molar-refractivity contribution in [2.24, 2.45) is 0 Å². The summed E-state index contributed by atoms with van der Waals surface area (Å²) in [6.45, 7) is 6.50. The monoisotopic (exact) mass is 550 g/mol. The molecule has 8 nitrogen and oxygen atoms in total. The van der Waals surface area contributed by atoms with E-state index >= 15 is 0 Å². The summed E-state index contributed by atoms with van der Waals surface area (Å²) in [4.78, 5) is 42.6. The van der Waals surface area contributed by atoms with Gasteiger partial charge in [-0.3, -0.25) is 14.5 Å². The number of aromatic amines is 1. The number of anilines is 1. The van der Waals surface area contributed by atoms with Crippen LogP contribution in [-0.4, -0.2) is 56.4 Å². The summed E-state index contributed by atoms with van der Waals surface area (Å²) in [5.74, 6) is -1.32. The van der Waals surface area contributed by atoms with Gasteiger partial charge < -0.3 is 15.4 Å². The highest BCUT2D eigenvalue weighted by Gasteiger charge is 2.38. The summed E-state index contributed by atoms with van der Waals surface area (Å²) in [5, 5.41) is 11.2. The molecule has 2 heterocycles. The maximum Gasteiger partial charge on any atom is 0.490 e. The van der Waals surface area contributed by atoms with Crippen molar-refractivity contribution in [1.82, 2.24) is 14.9 Å². The molecule has 1 amide bonds. The number of para-hydroxylation sites is 1. The maximum absolute atomic E-state index is 12.4. The molecule has 0 spiro atoms. The summed E-state index contributed by atoms with van der Waals surface area (Å²) in [7, 11) is 0. The molecule has 204 valence electrons. The van der Waals surface area contributed by atoms with E-state index in [9.17, 15) is 22.8 Å². The lowest BCUT2D eigenvalue weighted by molar-refractivity contribution is -0.192. The smallest absolute Gasteiger partial charge is 0.475 e. The van der Waals surface area contributed by atoms with Gasteiger partial charge in [-0.1, -0.05) is 24.3 Å². The van der Waals surface area contributed by atoms with Crippen LogP contribution in [0.2, 0.25) is 0 Å². The number of carboxylic acid groups (broad SMARTS) is 1. The number of aliphatic carboxylic acids is 1. The predicted octanol–water partition coefficient (Wildman–Crippen LogP) is 4.72. The van der Waals surface area contributed by atoms with Crippen LogP contribution in [0.25, 0.3) is 10.9 Å². The molecule has 1 aromatic heterocycles. The number of hydrogen-bond acceptors (Lipinski definition) is 6. The van der Waals surface area contributed by atoms with Gasteiger partial charge in [-0.25, -0.2) is 9.78 Å². The number of carbonyl (C=O) groups is 2. The van der Waals surface area contributed by atoms with Gasteiger partial charge in [-0.15, -0.1) is 0 Å². The molecule has 1 fully saturated rings. The fraction of sp³-hybridized carbons (Fsp3) is 0.385. The van der Waals surface area contributed by atoms with Crippen molar-refractivity contribution in [2.45, 2.75) is 50.4 Å². The van der Waals surface area contributed by atoms with Crippen molar-refractivity contribution in [2.75, 3.05) is 18.4 Å². The third-order valence-corrected chi connectivity index (χ3v) is 7.26. The zero-order valence-corrected chi connectivity index (χ0v) is 21.8. The number of aryl methyl sites for hydroxylation is 1. The van der Waals surface area contributed by atoms with Gasteiger partial charge in [-0.2, -0.15) is 24.9 Å². The van der Waals surface area contributed by atoms with Gasteiger partial charge in [0.05, 0.1) is 16.7 Å². The fourth-order valence-corrected chi connectivity index (χ4v) is 5.13. The largest absolute Gasteiger partial charge is 0.490 e. The second-order valence-electron chi connectivity index (χ2n) is 8.95. The van der Waals surface area contributed by atoms with Crippen LogP contribution in [0.1, 0.15) is 36.7 Å². The number of nitrogens with zero attached hydrogens (tertiary/aromatic N) is 2. The fourth-order valence-electron chi connectivity index (χ4n) is 4.06. The quantitative estimate of drug-likeness (QED) is 0.407. The van der Waals surface area contributed by atoms with Crippen molar-refractivity contribution < 1.29 is 27.9 Å². The Bertz CT molecular complexity index is 1340. The molecule has 0 atom stereocenters. The molecule has 1 saturated heterocycles. The van der Waals surface area contributed by atoms with Gasteiger partial charge in [-0.05, 0) is 62.2 Å². The molecule has 0 unspecified atom stereocenters. The number of carboxylic acids is 1. The first-order valence-electron chi connectivity index (χ1n) is 11.9. The minimum Gasteiger partial charge on any atom is -0.475 e. The number of thioether (sulfide) groups is 1. The Kier molecular flexibility index (Phi) is 9.92. The Labute approximate surface area is 221 Å². The summed E-state index contributed by atoms with van der Waals surface area (Å²) >= 11 is 1.88. The maximum atomic E-state index is 12.4. The second-order valence-corrected chi connectivity index (χ2v) is 10.2. The van der Waals surface area contributed by atoms with E-state index in [1.165, 1.54) is 12.5 Å². The summed E-state index contributed by atoms with van der Waals surface area (Å²) in [6.07, 6.45) is -2.85. The van der Waals surface area contributed by atoms with Gasteiger partial charge in [0.1, 0.15) is 5.82 Å². The van der Waals surface area contributed by atoms with Crippen molar-refractivity contribution >= 4 is 40.2 Å². The number of hydrogen-bond donors (Lipinski definition) is 3. The van der Waals surface area contributed by atoms with E-state index in [0.717, 1.165) is 60.8 Å². The van der Waals surface area contributed by atoms with E-state index in [-0.39, 0.29) is 11.5 Å². The molecule has 38 heavy (non-hydrogen) atoms. The molecule has 4 rings (SSSR count). The van der Waals surface area contributed by atoms with Crippen LogP contribution in [-0.2, 0) is 21.9 Å². The number of benzene rings is 2. The molecule has 0 bridgehead atoms. The zero-order valence-electron chi connectivity index (χ0n) is 21.0. The standard InChI is InChI=1S/C24H28N4O2S.C2HF3O2/c1-16-5-3-8-21-23(16)26-22(27-24(21)30)15-31-20-9-11-28(12-10-20)14-18-6-4-7-19(13-18)25-17(2)29;3-2(4,5)1(6)7/h3-8,13,20H,9-12,14-15H2,1-2H3,(H,25,29)(H,26,27,30);(H,6,7). The average Bonchev–Trinajstić information content (AvgIpc) is 2.84. The Hall–Kier alpha value is -3.38. The molecule has 3 N–H and O–H groups in total. The van der Waals surface area contributed by atoms with E-state index in [1.54, 1.807) is 0 Å². The number of fused-ring (bicyclic) bond motifs is 1. The topological polar surface area (TPSA) is 115 Å². The summed E-state index contributed by atoms with van der Waals surface area (Å²) < 4.78 is 31.7. The highest BCUT2D eigenvalue weighted by Crippen LogP contribution is 2.27. The number of piperidine rings is 1. The van der Waals surface area contributed by atoms with Crippen LogP contribution in [0.3, 0.4) is 0 Å². The van der Waals surface area contributed by atoms with Crippen molar-refractivity contribution in [1.29, 1.82) is 0 Å². The van der Waals surface area contributed by atoms with E-state index in [2.05, 4.69) is 21.3 Å². The highest BCUT2D eigenvalue weighted by molar-refractivity contribution is 7.99. The van der Waals surface area contributed by atoms with Gasteiger partial charge in [0.25, 0.3) is 5.56 Å². The Morgan fingerprint density at radius 2 is 1.84 bits per heavy atom.